The molecular weight excluding hydrogens is 248 g/mol. The summed E-state index contributed by atoms with van der Waals surface area (Å²) in [7, 11) is 0. The van der Waals surface area contributed by atoms with Gasteiger partial charge >= 0.3 is 0 Å². The summed E-state index contributed by atoms with van der Waals surface area (Å²) < 4.78 is 0. The van der Waals surface area contributed by atoms with Crippen LogP contribution in [0.1, 0.15) is 29.4 Å². The molecule has 1 unspecified atom stereocenters. The number of H-pyrrole nitrogens is 2. The molecule has 3 N–H and O–H groups in total. The number of imidazole rings is 1. The van der Waals surface area contributed by atoms with Crippen molar-refractivity contribution in [1.29, 1.82) is 0 Å². The molecule has 3 heterocycles. The molecule has 0 saturated heterocycles. The van der Waals surface area contributed by atoms with Crippen molar-refractivity contribution in [3.63, 3.8) is 0 Å². The van der Waals surface area contributed by atoms with Gasteiger partial charge in [0.15, 0.2) is 0 Å². The standard InChI is InChI=1S/C16H18N4/c1-2-4-13-12(3-1)11(9-18-13)5-6-14-16-15(7-8-17-14)19-10-20-16/h1-4,9-10,14,17-18H,5-8H2,(H,19,20). The first-order valence-electron chi connectivity index (χ1n) is 7.22. The summed E-state index contributed by atoms with van der Waals surface area (Å²) in [6.07, 6.45) is 7.15. The van der Waals surface area contributed by atoms with Crippen molar-refractivity contribution >= 4 is 10.9 Å². The minimum Gasteiger partial charge on any atom is -0.361 e. The minimum atomic E-state index is 0.374. The lowest BCUT2D eigenvalue weighted by molar-refractivity contribution is 0.465. The summed E-state index contributed by atoms with van der Waals surface area (Å²) in [4.78, 5) is 11.1. The van der Waals surface area contributed by atoms with Crippen LogP contribution in [0.2, 0.25) is 0 Å². The lowest BCUT2D eigenvalue weighted by Gasteiger charge is -2.22. The molecule has 1 atom stereocenters. The molecule has 4 heteroatoms. The van der Waals surface area contributed by atoms with Gasteiger partial charge in [-0.25, -0.2) is 4.98 Å². The molecule has 0 fully saturated rings. The fourth-order valence-corrected chi connectivity index (χ4v) is 3.18. The fourth-order valence-electron chi connectivity index (χ4n) is 3.18. The van der Waals surface area contributed by atoms with E-state index >= 15 is 0 Å². The van der Waals surface area contributed by atoms with Crippen LogP contribution in [-0.4, -0.2) is 21.5 Å². The lowest BCUT2D eigenvalue weighted by atomic mass is 9.98. The molecule has 20 heavy (non-hydrogen) atoms. The Balaban J connectivity index is 1.54. The Bertz CT molecular complexity index is 725. The van der Waals surface area contributed by atoms with Crippen molar-refractivity contribution in [2.24, 2.45) is 0 Å². The first-order chi connectivity index (χ1) is 9.92. The monoisotopic (exact) mass is 266 g/mol. The molecule has 4 rings (SSSR count). The van der Waals surface area contributed by atoms with Gasteiger partial charge in [-0.3, -0.25) is 0 Å². The van der Waals surface area contributed by atoms with E-state index in [2.05, 4.69) is 50.7 Å². The van der Waals surface area contributed by atoms with E-state index in [1.165, 1.54) is 27.9 Å². The number of nitrogens with zero attached hydrogens (tertiary/aromatic N) is 1. The number of aryl methyl sites for hydroxylation is 1. The van der Waals surface area contributed by atoms with Crippen LogP contribution in [0, 0.1) is 0 Å². The number of hydrogen-bond donors (Lipinski definition) is 3. The highest BCUT2D eigenvalue weighted by Crippen LogP contribution is 2.26. The van der Waals surface area contributed by atoms with Gasteiger partial charge in [0.2, 0.25) is 0 Å². The largest absolute Gasteiger partial charge is 0.361 e. The van der Waals surface area contributed by atoms with Crippen molar-refractivity contribution in [2.75, 3.05) is 6.54 Å². The predicted molar refractivity (Wildman–Crippen MR) is 79.7 cm³/mol. The summed E-state index contributed by atoms with van der Waals surface area (Å²) >= 11 is 0. The molecular formula is C16H18N4. The zero-order valence-electron chi connectivity index (χ0n) is 11.3. The zero-order valence-corrected chi connectivity index (χ0v) is 11.3. The van der Waals surface area contributed by atoms with Crippen LogP contribution in [0.5, 0.6) is 0 Å². The van der Waals surface area contributed by atoms with Gasteiger partial charge in [-0.2, -0.15) is 0 Å². The zero-order chi connectivity index (χ0) is 13.4. The van der Waals surface area contributed by atoms with Gasteiger partial charge in [0.1, 0.15) is 0 Å². The Morgan fingerprint density at radius 3 is 3.15 bits per heavy atom. The van der Waals surface area contributed by atoms with Crippen LogP contribution in [-0.2, 0) is 12.8 Å². The van der Waals surface area contributed by atoms with Crippen molar-refractivity contribution in [3.8, 4) is 0 Å². The molecule has 0 spiro atoms. The van der Waals surface area contributed by atoms with Crippen LogP contribution < -0.4 is 5.32 Å². The average molecular weight is 266 g/mol. The first kappa shape index (κ1) is 11.7. The first-order valence-corrected chi connectivity index (χ1v) is 7.22. The van der Waals surface area contributed by atoms with Gasteiger partial charge in [0.25, 0.3) is 0 Å². The van der Waals surface area contributed by atoms with E-state index in [4.69, 9.17) is 0 Å². The Morgan fingerprint density at radius 2 is 2.15 bits per heavy atom. The van der Waals surface area contributed by atoms with E-state index in [0.717, 1.165) is 25.8 Å². The lowest BCUT2D eigenvalue weighted by Crippen LogP contribution is -2.30. The number of aromatic amines is 2. The Morgan fingerprint density at radius 1 is 1.20 bits per heavy atom. The van der Waals surface area contributed by atoms with E-state index in [0.29, 0.717) is 6.04 Å². The van der Waals surface area contributed by atoms with E-state index in [9.17, 15) is 0 Å². The summed E-state index contributed by atoms with van der Waals surface area (Å²) in [5.41, 5.74) is 5.12. The van der Waals surface area contributed by atoms with E-state index in [-0.39, 0.29) is 0 Å². The number of rotatable bonds is 3. The normalized spacial score (nSPS) is 18.3. The maximum Gasteiger partial charge on any atom is 0.0925 e. The summed E-state index contributed by atoms with van der Waals surface area (Å²) in [5, 5.41) is 4.92. The topological polar surface area (TPSA) is 56.5 Å². The second-order valence-corrected chi connectivity index (χ2v) is 5.42. The third-order valence-corrected chi connectivity index (χ3v) is 4.22. The number of nitrogens with one attached hydrogen (secondary N) is 3. The number of aromatic nitrogens is 3. The highest BCUT2D eigenvalue weighted by atomic mass is 15.0. The predicted octanol–water partition coefficient (Wildman–Crippen LogP) is 2.71. The van der Waals surface area contributed by atoms with E-state index in [1.54, 1.807) is 0 Å². The Labute approximate surface area is 117 Å². The van der Waals surface area contributed by atoms with Crippen molar-refractivity contribution in [2.45, 2.75) is 25.3 Å². The van der Waals surface area contributed by atoms with Crippen LogP contribution in [0.15, 0.2) is 36.8 Å². The molecule has 0 saturated carbocycles. The third kappa shape index (κ3) is 1.93. The number of benzene rings is 1. The van der Waals surface area contributed by atoms with Crippen LogP contribution in [0.3, 0.4) is 0 Å². The third-order valence-electron chi connectivity index (χ3n) is 4.22. The number of fused-ring (bicyclic) bond motifs is 2. The minimum absolute atomic E-state index is 0.374. The second kappa shape index (κ2) is 4.80. The molecule has 2 aromatic heterocycles. The molecule has 1 aromatic carbocycles. The molecule has 1 aliphatic rings. The van der Waals surface area contributed by atoms with Gasteiger partial charge in [0.05, 0.1) is 18.1 Å². The molecule has 4 nitrogen and oxygen atoms in total. The quantitative estimate of drug-likeness (QED) is 0.682. The van der Waals surface area contributed by atoms with Gasteiger partial charge in [-0.1, -0.05) is 18.2 Å². The van der Waals surface area contributed by atoms with Crippen LogP contribution >= 0.6 is 0 Å². The highest BCUT2D eigenvalue weighted by Gasteiger charge is 2.21. The average Bonchev–Trinajstić information content (AvgIpc) is 3.12. The van der Waals surface area contributed by atoms with Crippen molar-refractivity contribution in [1.82, 2.24) is 20.3 Å². The van der Waals surface area contributed by atoms with Crippen LogP contribution in [0.4, 0.5) is 0 Å². The molecule has 0 amide bonds. The molecule has 3 aromatic rings. The van der Waals surface area contributed by atoms with E-state index < -0.39 is 0 Å². The molecule has 0 aliphatic carbocycles. The highest BCUT2D eigenvalue weighted by molar-refractivity contribution is 5.83. The number of para-hydroxylation sites is 1. The summed E-state index contributed by atoms with van der Waals surface area (Å²) in [6, 6.07) is 8.86. The van der Waals surface area contributed by atoms with Crippen LogP contribution in [0.25, 0.3) is 10.9 Å². The Hall–Kier alpha value is -2.07. The molecule has 0 bridgehead atoms. The maximum atomic E-state index is 4.47. The summed E-state index contributed by atoms with van der Waals surface area (Å²) in [5.74, 6) is 0. The van der Waals surface area contributed by atoms with E-state index in [1.807, 2.05) is 6.33 Å². The number of hydrogen-bond acceptors (Lipinski definition) is 2. The van der Waals surface area contributed by atoms with Crippen molar-refractivity contribution < 1.29 is 0 Å². The second-order valence-electron chi connectivity index (χ2n) is 5.42. The molecule has 0 radical (unpaired) electrons. The molecule has 1 aliphatic heterocycles. The molecule has 102 valence electrons. The smallest absolute Gasteiger partial charge is 0.0925 e. The fraction of sp³-hybridized carbons (Fsp3) is 0.312. The maximum absolute atomic E-state index is 4.47. The van der Waals surface area contributed by atoms with Crippen molar-refractivity contribution in [3.05, 3.63) is 53.7 Å². The SMILES string of the molecule is c1ccc2c(CCC3NCCc4[nH]cnc43)c[nH]c2c1. The Kier molecular flexibility index (Phi) is 2.81. The van der Waals surface area contributed by atoms with Gasteiger partial charge in [0, 0.05) is 35.8 Å². The van der Waals surface area contributed by atoms with Gasteiger partial charge < -0.3 is 15.3 Å². The van der Waals surface area contributed by atoms with Gasteiger partial charge in [-0.05, 0) is 24.5 Å². The summed E-state index contributed by atoms with van der Waals surface area (Å²) in [6.45, 7) is 1.04. The van der Waals surface area contributed by atoms with Gasteiger partial charge in [-0.15, -0.1) is 0 Å².